The van der Waals surface area contributed by atoms with Crippen molar-refractivity contribution in [2.75, 3.05) is 0 Å². The molecule has 0 spiro atoms. The summed E-state index contributed by atoms with van der Waals surface area (Å²) in [6, 6.07) is 0.718. The second-order valence-electron chi connectivity index (χ2n) is 3.66. The summed E-state index contributed by atoms with van der Waals surface area (Å²) >= 11 is 5.40. The molecule has 8 heteroatoms. The van der Waals surface area contributed by atoms with Gasteiger partial charge in [0.25, 0.3) is 0 Å². The molecular weight excluding hydrogens is 284 g/mol. The van der Waals surface area contributed by atoms with Crippen LogP contribution in [0.2, 0.25) is 5.02 Å². The van der Waals surface area contributed by atoms with Crippen LogP contribution in [0, 0.1) is 0 Å². The highest BCUT2D eigenvalue weighted by Gasteiger charge is 2.38. The normalized spacial score (nSPS) is 14.7. The van der Waals surface area contributed by atoms with Crippen LogP contribution >= 0.6 is 11.6 Å². The Bertz CT molecular complexity index is 425. The number of rotatable bonds is 2. The maximum atomic E-state index is 12.6. The van der Waals surface area contributed by atoms with Gasteiger partial charge in [0, 0.05) is 11.1 Å². The lowest BCUT2D eigenvalue weighted by molar-refractivity contribution is -0.144. The van der Waals surface area contributed by atoms with Gasteiger partial charge in [0.1, 0.15) is 0 Å². The highest BCUT2D eigenvalue weighted by molar-refractivity contribution is 6.30. The average molecular weight is 292 g/mol. The van der Waals surface area contributed by atoms with E-state index in [-0.39, 0.29) is 5.02 Å². The third-order valence-electron chi connectivity index (χ3n) is 2.17. The summed E-state index contributed by atoms with van der Waals surface area (Å²) in [4.78, 5) is 0. The predicted molar refractivity (Wildman–Crippen MR) is 54.1 cm³/mol. The van der Waals surface area contributed by atoms with Gasteiger partial charge in [-0.05, 0) is 17.7 Å². The van der Waals surface area contributed by atoms with Gasteiger partial charge in [-0.1, -0.05) is 17.7 Å². The van der Waals surface area contributed by atoms with Crippen LogP contribution in [0.15, 0.2) is 18.2 Å². The molecule has 102 valence electrons. The van der Waals surface area contributed by atoms with E-state index in [1.807, 2.05) is 0 Å². The Morgan fingerprint density at radius 2 is 1.67 bits per heavy atom. The van der Waals surface area contributed by atoms with Gasteiger partial charge in [-0.3, -0.25) is 0 Å². The van der Waals surface area contributed by atoms with Gasteiger partial charge in [-0.2, -0.15) is 26.3 Å². The topological polar surface area (TPSA) is 26.0 Å². The van der Waals surface area contributed by atoms with E-state index in [0.29, 0.717) is 6.07 Å². The molecule has 0 aliphatic carbocycles. The highest BCUT2D eigenvalue weighted by Crippen LogP contribution is 2.38. The minimum atomic E-state index is -4.80. The summed E-state index contributed by atoms with van der Waals surface area (Å²) in [7, 11) is 0. The molecule has 18 heavy (non-hydrogen) atoms. The van der Waals surface area contributed by atoms with Crippen LogP contribution in [0.5, 0.6) is 0 Å². The van der Waals surface area contributed by atoms with Crippen LogP contribution in [-0.2, 0) is 6.18 Å². The van der Waals surface area contributed by atoms with Crippen molar-refractivity contribution in [2.45, 2.75) is 24.8 Å². The molecule has 0 aromatic heterocycles. The Balaban J connectivity index is 3.16. The molecule has 0 aliphatic heterocycles. The van der Waals surface area contributed by atoms with E-state index in [1.54, 1.807) is 0 Å². The van der Waals surface area contributed by atoms with Crippen LogP contribution in [-0.4, -0.2) is 6.18 Å². The summed E-state index contributed by atoms with van der Waals surface area (Å²) in [5.41, 5.74) is 3.30. The van der Waals surface area contributed by atoms with Crippen molar-refractivity contribution in [1.29, 1.82) is 0 Å². The fourth-order valence-electron chi connectivity index (χ4n) is 1.46. The van der Waals surface area contributed by atoms with E-state index in [0.717, 1.165) is 12.1 Å². The lowest BCUT2D eigenvalue weighted by Gasteiger charge is -2.19. The van der Waals surface area contributed by atoms with Gasteiger partial charge < -0.3 is 5.73 Å². The van der Waals surface area contributed by atoms with Crippen LogP contribution in [0.3, 0.4) is 0 Å². The van der Waals surface area contributed by atoms with E-state index in [4.69, 9.17) is 17.3 Å². The van der Waals surface area contributed by atoms with Gasteiger partial charge in [-0.25, -0.2) is 0 Å². The lowest BCUT2D eigenvalue weighted by Crippen LogP contribution is -2.23. The maximum absolute atomic E-state index is 12.6. The predicted octanol–water partition coefficient (Wildman–Crippen LogP) is 4.31. The number of halogens is 7. The lowest BCUT2D eigenvalue weighted by atomic mass is 9.98. The second kappa shape index (κ2) is 4.97. The molecule has 0 radical (unpaired) electrons. The Kier molecular flexibility index (Phi) is 4.17. The Labute approximate surface area is 104 Å². The number of benzene rings is 1. The number of nitrogens with two attached hydrogens (primary N) is 1. The number of hydrogen-bond donors (Lipinski definition) is 1. The van der Waals surface area contributed by atoms with Crippen molar-refractivity contribution in [3.8, 4) is 0 Å². The molecule has 0 bridgehead atoms. The molecule has 0 saturated heterocycles. The van der Waals surface area contributed by atoms with Gasteiger partial charge in [-0.15, -0.1) is 0 Å². The molecule has 1 aromatic carbocycles. The molecule has 0 heterocycles. The fraction of sp³-hybridized carbons (Fsp3) is 0.400. The molecule has 2 N–H and O–H groups in total. The first-order valence-electron chi connectivity index (χ1n) is 4.69. The van der Waals surface area contributed by atoms with Crippen LogP contribution in [0.25, 0.3) is 0 Å². The zero-order chi connectivity index (χ0) is 14.1. The van der Waals surface area contributed by atoms with Crippen molar-refractivity contribution < 1.29 is 26.3 Å². The number of alkyl halides is 6. The van der Waals surface area contributed by atoms with Gasteiger partial charge in [0.05, 0.1) is 12.0 Å². The Morgan fingerprint density at radius 3 is 2.11 bits per heavy atom. The molecular formula is C10H8ClF6N. The molecule has 0 aliphatic rings. The van der Waals surface area contributed by atoms with Crippen LogP contribution in [0.4, 0.5) is 26.3 Å². The average Bonchev–Trinajstić information content (AvgIpc) is 2.13. The Morgan fingerprint density at radius 1 is 1.11 bits per heavy atom. The summed E-state index contributed by atoms with van der Waals surface area (Å²) in [5.74, 6) is 0. The monoisotopic (exact) mass is 291 g/mol. The van der Waals surface area contributed by atoms with Crippen molar-refractivity contribution in [2.24, 2.45) is 5.73 Å². The summed E-state index contributed by atoms with van der Waals surface area (Å²) in [6.07, 6.45) is -11.0. The minimum Gasteiger partial charge on any atom is -0.324 e. The van der Waals surface area contributed by atoms with E-state index >= 15 is 0 Å². The Hall–Kier alpha value is -0.950. The van der Waals surface area contributed by atoms with Gasteiger partial charge in [0.15, 0.2) is 0 Å². The summed E-state index contributed by atoms with van der Waals surface area (Å²) in [5, 5.41) is -0.217. The van der Waals surface area contributed by atoms with E-state index in [9.17, 15) is 26.3 Å². The summed E-state index contributed by atoms with van der Waals surface area (Å²) in [6.45, 7) is 0. The smallest absolute Gasteiger partial charge is 0.324 e. The van der Waals surface area contributed by atoms with E-state index in [2.05, 4.69) is 0 Å². The third-order valence-corrected chi connectivity index (χ3v) is 2.41. The SMILES string of the molecule is N[C@H](CC(F)(F)F)c1ccc(Cl)cc1C(F)(F)F. The standard InChI is InChI=1S/C10H8ClF6N/c11-5-1-2-6(7(3-5)10(15,16)17)8(18)4-9(12,13)14/h1-3,8H,4,18H2/t8-/m1/s1. The maximum Gasteiger partial charge on any atom is 0.416 e. The third kappa shape index (κ3) is 4.06. The van der Waals surface area contributed by atoms with Gasteiger partial charge >= 0.3 is 12.4 Å². The van der Waals surface area contributed by atoms with E-state index < -0.39 is 35.9 Å². The minimum absolute atomic E-state index is 0.217. The molecule has 1 rings (SSSR count). The van der Waals surface area contributed by atoms with Crippen molar-refractivity contribution in [3.63, 3.8) is 0 Å². The largest absolute Gasteiger partial charge is 0.416 e. The van der Waals surface area contributed by atoms with Crippen molar-refractivity contribution >= 4 is 11.6 Å². The fourth-order valence-corrected chi connectivity index (χ4v) is 1.63. The molecule has 1 atom stereocenters. The zero-order valence-electron chi connectivity index (χ0n) is 8.74. The first-order chi connectivity index (χ1) is 8.00. The van der Waals surface area contributed by atoms with Crippen LogP contribution in [0.1, 0.15) is 23.6 Å². The van der Waals surface area contributed by atoms with Gasteiger partial charge in [0.2, 0.25) is 0 Å². The number of hydrogen-bond acceptors (Lipinski definition) is 1. The first-order valence-corrected chi connectivity index (χ1v) is 5.07. The van der Waals surface area contributed by atoms with Crippen LogP contribution < -0.4 is 5.73 Å². The highest BCUT2D eigenvalue weighted by atomic mass is 35.5. The molecule has 1 nitrogen and oxygen atoms in total. The summed E-state index contributed by atoms with van der Waals surface area (Å²) < 4.78 is 74.2. The first kappa shape index (κ1) is 15.1. The van der Waals surface area contributed by atoms with E-state index in [1.165, 1.54) is 0 Å². The molecule has 0 saturated carbocycles. The zero-order valence-corrected chi connectivity index (χ0v) is 9.50. The second-order valence-corrected chi connectivity index (χ2v) is 4.09. The van der Waals surface area contributed by atoms with Crippen molar-refractivity contribution in [3.05, 3.63) is 34.3 Å². The molecule has 0 unspecified atom stereocenters. The van der Waals surface area contributed by atoms with Crippen molar-refractivity contribution in [1.82, 2.24) is 0 Å². The quantitative estimate of drug-likeness (QED) is 0.807. The molecule has 0 amide bonds. The molecule has 1 aromatic rings. The molecule has 0 fully saturated rings.